The van der Waals surface area contributed by atoms with Gasteiger partial charge in [-0.25, -0.2) is 0 Å². The van der Waals surface area contributed by atoms with Crippen LogP contribution in [-0.2, 0) is 69.1 Å². The van der Waals surface area contributed by atoms with E-state index in [1.54, 1.807) is 0 Å². The summed E-state index contributed by atoms with van der Waals surface area (Å²) in [6.07, 6.45) is 14.1. The van der Waals surface area contributed by atoms with Crippen LogP contribution in [0.5, 0.6) is 23.0 Å². The Hall–Kier alpha value is -4.11. The van der Waals surface area contributed by atoms with Gasteiger partial charge in [-0.3, -0.25) is 0 Å². The number of aromatic hydroxyl groups is 2. The molecule has 2 saturated carbocycles. The van der Waals surface area contributed by atoms with E-state index >= 15 is 0 Å². The van der Waals surface area contributed by atoms with Gasteiger partial charge in [0.1, 0.15) is 23.0 Å². The molecule has 8 heteroatoms. The van der Waals surface area contributed by atoms with E-state index in [4.69, 9.17) is 8.85 Å². The van der Waals surface area contributed by atoms with Gasteiger partial charge in [0.25, 0.3) is 0 Å². The minimum atomic E-state index is -2.83. The van der Waals surface area contributed by atoms with Crippen molar-refractivity contribution in [3.63, 3.8) is 0 Å². The third kappa shape index (κ3) is 13.4. The first kappa shape index (κ1) is 58.6. The molecule has 5 aliphatic rings. The maximum Gasteiger partial charge on any atom is 0.454 e. The molecule has 0 atom stereocenters. The summed E-state index contributed by atoms with van der Waals surface area (Å²) >= 11 is 0. The predicted molar refractivity (Wildman–Crippen MR) is 309 cm³/mol. The number of aryl methyl sites for hydroxylation is 1. The van der Waals surface area contributed by atoms with Gasteiger partial charge in [0.15, 0.2) is 0 Å². The zero-order chi connectivity index (χ0) is 54.0. The van der Waals surface area contributed by atoms with Crippen molar-refractivity contribution in [3.05, 3.63) is 157 Å². The Bertz CT molecular complexity index is 2760. The maximum absolute atomic E-state index is 12.2. The molecule has 10 rings (SSSR count). The van der Waals surface area contributed by atoms with Crippen LogP contribution in [0.4, 0.5) is 0 Å². The van der Waals surface area contributed by atoms with Crippen molar-refractivity contribution in [3.8, 4) is 23.0 Å². The van der Waals surface area contributed by atoms with E-state index in [0.29, 0.717) is 25.7 Å². The maximum atomic E-state index is 12.2. The van der Waals surface area contributed by atoms with Gasteiger partial charge in [0.05, 0.1) is 11.2 Å². The Kier molecular flexibility index (Phi) is 16.9. The summed E-state index contributed by atoms with van der Waals surface area (Å²) in [7, 11) is -2.83. The topological polar surface area (TPSA) is 99.4 Å². The fourth-order valence-electron chi connectivity index (χ4n) is 11.6. The number of benzene rings is 5. The SMILES string of the molecule is CC(C)(C)c1cc2c(O)c(c1)Cc1cc(C(C)(C)C)cc3c1O[Si](C)(C)Oc1c(cc(C(C)(C)C)cc1C3)Cc1cc(C(C)(C)C)cc(c1O)C2.Cc1ccc(/C(=C/C2(O)CCCCC2)C2(O)CCCCC2)cc1.[Ti]. The molecule has 4 N–H and O–H groups in total. The number of hydrogen-bond donors (Lipinski definition) is 4. The number of phenolic OH excluding ortho intramolecular Hbond substituents is 2. The molecule has 0 aromatic heterocycles. The van der Waals surface area contributed by atoms with Crippen molar-refractivity contribution in [2.75, 3.05) is 0 Å². The van der Waals surface area contributed by atoms with E-state index in [2.05, 4.69) is 176 Å². The van der Waals surface area contributed by atoms with Gasteiger partial charge in [-0.2, -0.15) is 0 Å². The van der Waals surface area contributed by atoms with Crippen LogP contribution in [0, 0.1) is 6.92 Å². The van der Waals surface area contributed by atoms with Gasteiger partial charge in [-0.05, 0) is 138 Å². The molecule has 5 aromatic carbocycles. The number of fused-ring (bicyclic) bond motifs is 2. The Morgan fingerprint density at radius 2 is 0.760 bits per heavy atom. The largest absolute Gasteiger partial charge is 0.512 e. The fourth-order valence-corrected chi connectivity index (χ4v) is 13.2. The van der Waals surface area contributed by atoms with Gasteiger partial charge in [0, 0.05) is 60.5 Å². The summed E-state index contributed by atoms with van der Waals surface area (Å²) in [5, 5.41) is 46.7. The van der Waals surface area contributed by atoms with Crippen molar-refractivity contribution >= 4 is 14.1 Å². The average molecular weight is 1070 g/mol. The summed E-state index contributed by atoms with van der Waals surface area (Å²) in [5.41, 5.74) is 13.9. The number of hydrogen-bond acceptors (Lipinski definition) is 6. The molecule has 10 bridgehead atoms. The second kappa shape index (κ2) is 21.6. The molecule has 3 aliphatic carbocycles. The second-order valence-electron chi connectivity index (χ2n) is 27.5. The van der Waals surface area contributed by atoms with E-state index in [-0.39, 0.29) is 54.9 Å². The molecule has 5 aromatic rings. The molecule has 402 valence electrons. The molecule has 2 fully saturated rings. The van der Waals surface area contributed by atoms with Gasteiger partial charge in [0.2, 0.25) is 0 Å². The third-order valence-corrected chi connectivity index (χ3v) is 17.8. The Balaban J connectivity index is 0.000000285. The summed E-state index contributed by atoms with van der Waals surface area (Å²) in [6.45, 7) is 33.2. The third-order valence-electron chi connectivity index (χ3n) is 16.4. The molecule has 0 radical (unpaired) electrons. The van der Waals surface area contributed by atoms with Gasteiger partial charge >= 0.3 is 8.56 Å². The Morgan fingerprint density at radius 3 is 1.09 bits per heavy atom. The van der Waals surface area contributed by atoms with Crippen LogP contribution in [0.2, 0.25) is 13.1 Å². The van der Waals surface area contributed by atoms with Crippen LogP contribution in [0.3, 0.4) is 0 Å². The predicted octanol–water partition coefficient (Wildman–Crippen LogP) is 16.2. The van der Waals surface area contributed by atoms with Gasteiger partial charge in [-0.1, -0.05) is 200 Å². The number of rotatable bonds is 3. The summed E-state index contributed by atoms with van der Waals surface area (Å²) in [6, 6.07) is 26.3. The summed E-state index contributed by atoms with van der Waals surface area (Å²) < 4.78 is 14.2. The van der Waals surface area contributed by atoms with E-state index in [1.165, 1.54) is 29.5 Å². The summed E-state index contributed by atoms with van der Waals surface area (Å²) in [4.78, 5) is 0. The number of phenols is 2. The quantitative estimate of drug-likeness (QED) is 0.132. The molecule has 0 spiro atoms. The number of aliphatic hydroxyl groups is 2. The van der Waals surface area contributed by atoms with Crippen LogP contribution >= 0.6 is 0 Å². The Labute approximate surface area is 467 Å². The van der Waals surface area contributed by atoms with Crippen molar-refractivity contribution in [1.82, 2.24) is 0 Å². The van der Waals surface area contributed by atoms with Gasteiger partial charge < -0.3 is 29.3 Å². The Morgan fingerprint density at radius 1 is 0.467 bits per heavy atom. The zero-order valence-electron chi connectivity index (χ0n) is 48.5. The minimum absolute atomic E-state index is 0. The van der Waals surface area contributed by atoms with Crippen LogP contribution in [-0.4, -0.2) is 40.2 Å². The molecular weight excluding hydrogens is 977 g/mol. The van der Waals surface area contributed by atoms with Crippen LogP contribution in [0.1, 0.15) is 225 Å². The molecule has 2 heterocycles. The zero-order valence-corrected chi connectivity index (χ0v) is 51.1. The van der Waals surface area contributed by atoms with Crippen LogP contribution in [0.25, 0.3) is 5.57 Å². The van der Waals surface area contributed by atoms with Crippen molar-refractivity contribution in [2.24, 2.45) is 0 Å². The monoisotopic (exact) mass is 1070 g/mol. The fraction of sp³-hybridized carbons (Fsp3) is 0.522. The average Bonchev–Trinajstić information content (AvgIpc) is 3.28. The molecule has 0 unspecified atom stereocenters. The molecule has 75 heavy (non-hydrogen) atoms. The van der Waals surface area contributed by atoms with Crippen molar-refractivity contribution in [1.29, 1.82) is 0 Å². The first-order valence-electron chi connectivity index (χ1n) is 28.0. The first-order chi connectivity index (χ1) is 34.3. The van der Waals surface area contributed by atoms with E-state index in [9.17, 15) is 20.4 Å². The standard InChI is InChI=1S/C46H60O4Si.C21H30O2.Ti/c1-43(2,3)35-19-27-15-28-20-36(44(4,5)6)22-30(40(28)48)17-32-24-38(46(10,11)12)26-34-18-33-25-37(45(7,8)9)23-31(16-29(21-35)39(27)47)41(33)49-51(13,14)50-42(32)34;1-17-8-10-18(11-9-17)19(21(23)14-6-3-7-15-21)16-20(22)12-4-2-5-13-20;/h19-26,47-48H,15-18H2,1-14H3;8-11,16,22-23H,2-7,12-15H2,1H3;/b;19-16-;. The van der Waals surface area contributed by atoms with Crippen molar-refractivity contribution < 1.29 is 51.0 Å². The molecule has 0 saturated heterocycles. The van der Waals surface area contributed by atoms with E-state index in [1.807, 2.05) is 6.08 Å². The van der Waals surface area contributed by atoms with Gasteiger partial charge in [-0.15, -0.1) is 0 Å². The normalized spacial score (nSPS) is 18.3. The second-order valence-corrected chi connectivity index (χ2v) is 30.7. The smallest absolute Gasteiger partial charge is 0.454 e. The molecule has 0 amide bonds. The van der Waals surface area contributed by atoms with Crippen LogP contribution < -0.4 is 8.85 Å². The molecular formula is C67H90O6SiTi. The van der Waals surface area contributed by atoms with Crippen molar-refractivity contribution in [2.45, 2.75) is 226 Å². The first-order valence-corrected chi connectivity index (χ1v) is 30.8. The van der Waals surface area contributed by atoms with E-state index in [0.717, 1.165) is 130 Å². The molecule has 2 aliphatic heterocycles. The summed E-state index contributed by atoms with van der Waals surface area (Å²) in [5.74, 6) is 2.35. The molecule has 6 nitrogen and oxygen atoms in total. The van der Waals surface area contributed by atoms with E-state index < -0.39 is 19.8 Å². The minimum Gasteiger partial charge on any atom is -0.512 e. The van der Waals surface area contributed by atoms with Crippen LogP contribution in [0.15, 0.2) is 78.9 Å².